The second kappa shape index (κ2) is 6.92. The fraction of sp³-hybridized carbons (Fsp3) is 0.625. The first-order valence-electron chi connectivity index (χ1n) is 7.40. The molecule has 1 aromatic carbocycles. The maximum absolute atomic E-state index is 5.58. The van der Waals surface area contributed by atoms with Gasteiger partial charge in [0.05, 0.1) is 12.7 Å². The lowest BCUT2D eigenvalue weighted by molar-refractivity contribution is 0.0532. The summed E-state index contributed by atoms with van der Waals surface area (Å²) in [7, 11) is 0. The number of hydrogen-bond donors (Lipinski definition) is 1. The molecular weight excluding hydrogens is 236 g/mol. The minimum atomic E-state index is 0.332. The molecule has 2 unspecified atom stereocenters. The van der Waals surface area contributed by atoms with E-state index in [9.17, 15) is 0 Å². The Bertz CT molecular complexity index is 377. The lowest BCUT2D eigenvalue weighted by atomic mass is 10.1. The SMILES string of the molecule is CCCNC(C)c1ccc(N2CCOC(C)C2)cc1. The topological polar surface area (TPSA) is 24.5 Å². The molecule has 0 radical (unpaired) electrons. The van der Waals surface area contributed by atoms with Gasteiger partial charge in [0.15, 0.2) is 0 Å². The van der Waals surface area contributed by atoms with E-state index in [0.717, 1.165) is 26.2 Å². The third-order valence-electron chi connectivity index (χ3n) is 3.70. The largest absolute Gasteiger partial charge is 0.375 e. The summed E-state index contributed by atoms with van der Waals surface area (Å²) in [6.45, 7) is 10.4. The number of hydrogen-bond acceptors (Lipinski definition) is 3. The Morgan fingerprint density at radius 1 is 1.37 bits per heavy atom. The molecule has 19 heavy (non-hydrogen) atoms. The number of rotatable bonds is 5. The molecule has 1 fully saturated rings. The van der Waals surface area contributed by atoms with Crippen molar-refractivity contribution in [2.75, 3.05) is 31.1 Å². The van der Waals surface area contributed by atoms with Crippen LogP contribution in [0.3, 0.4) is 0 Å². The van der Waals surface area contributed by atoms with Crippen LogP contribution >= 0.6 is 0 Å². The van der Waals surface area contributed by atoms with Gasteiger partial charge in [-0.1, -0.05) is 19.1 Å². The summed E-state index contributed by atoms with van der Waals surface area (Å²) >= 11 is 0. The highest BCUT2D eigenvalue weighted by atomic mass is 16.5. The summed E-state index contributed by atoms with van der Waals surface area (Å²) in [5.74, 6) is 0. The molecule has 1 heterocycles. The smallest absolute Gasteiger partial charge is 0.0722 e. The molecule has 2 atom stereocenters. The zero-order valence-electron chi connectivity index (χ0n) is 12.4. The van der Waals surface area contributed by atoms with Crippen LogP contribution in [0.5, 0.6) is 0 Å². The summed E-state index contributed by atoms with van der Waals surface area (Å²) in [6.07, 6.45) is 1.51. The van der Waals surface area contributed by atoms with Crippen LogP contribution in [0.15, 0.2) is 24.3 Å². The fourth-order valence-corrected chi connectivity index (χ4v) is 2.51. The van der Waals surface area contributed by atoms with Crippen LogP contribution in [0, 0.1) is 0 Å². The number of ether oxygens (including phenoxy) is 1. The molecule has 1 aliphatic heterocycles. The summed E-state index contributed by atoms with van der Waals surface area (Å²) in [5, 5.41) is 3.52. The maximum Gasteiger partial charge on any atom is 0.0722 e. The zero-order chi connectivity index (χ0) is 13.7. The molecular formula is C16H26N2O. The van der Waals surface area contributed by atoms with Gasteiger partial charge in [0.2, 0.25) is 0 Å². The molecule has 0 saturated carbocycles. The van der Waals surface area contributed by atoms with Crippen molar-refractivity contribution in [2.45, 2.75) is 39.3 Å². The van der Waals surface area contributed by atoms with Crippen molar-refractivity contribution < 1.29 is 4.74 Å². The highest BCUT2D eigenvalue weighted by molar-refractivity contribution is 5.48. The highest BCUT2D eigenvalue weighted by Crippen LogP contribution is 2.21. The number of morpholine rings is 1. The van der Waals surface area contributed by atoms with Crippen LogP contribution in [0.2, 0.25) is 0 Å². The molecule has 106 valence electrons. The lowest BCUT2D eigenvalue weighted by Gasteiger charge is -2.33. The van der Waals surface area contributed by atoms with E-state index in [1.165, 1.54) is 17.7 Å². The summed E-state index contributed by atoms with van der Waals surface area (Å²) < 4.78 is 5.58. The van der Waals surface area contributed by atoms with E-state index >= 15 is 0 Å². The average Bonchev–Trinajstić information content (AvgIpc) is 2.45. The van der Waals surface area contributed by atoms with Crippen LogP contribution in [-0.4, -0.2) is 32.3 Å². The van der Waals surface area contributed by atoms with Gasteiger partial charge in [0.25, 0.3) is 0 Å². The van der Waals surface area contributed by atoms with E-state index in [1.807, 2.05) is 0 Å². The predicted octanol–water partition coefficient (Wildman–Crippen LogP) is 2.97. The molecule has 3 nitrogen and oxygen atoms in total. The number of nitrogens with one attached hydrogen (secondary N) is 1. The first-order chi connectivity index (χ1) is 9.20. The normalized spacial score (nSPS) is 21.4. The van der Waals surface area contributed by atoms with Crippen LogP contribution < -0.4 is 10.2 Å². The first kappa shape index (κ1) is 14.4. The first-order valence-corrected chi connectivity index (χ1v) is 7.40. The maximum atomic E-state index is 5.58. The summed E-state index contributed by atoms with van der Waals surface area (Å²) in [4.78, 5) is 2.40. The molecule has 2 rings (SSSR count). The Labute approximate surface area is 116 Å². The van der Waals surface area contributed by atoms with E-state index in [2.05, 4.69) is 55.3 Å². The second-order valence-electron chi connectivity index (χ2n) is 5.39. The van der Waals surface area contributed by atoms with E-state index < -0.39 is 0 Å². The minimum Gasteiger partial charge on any atom is -0.375 e. The van der Waals surface area contributed by atoms with Gasteiger partial charge in [0, 0.05) is 24.8 Å². The van der Waals surface area contributed by atoms with Crippen molar-refractivity contribution in [2.24, 2.45) is 0 Å². The Balaban J connectivity index is 1.97. The number of anilines is 1. The van der Waals surface area contributed by atoms with Crippen LogP contribution in [-0.2, 0) is 4.74 Å². The van der Waals surface area contributed by atoms with Gasteiger partial charge in [-0.05, 0) is 44.5 Å². The molecule has 1 saturated heterocycles. The Morgan fingerprint density at radius 3 is 2.74 bits per heavy atom. The van der Waals surface area contributed by atoms with Gasteiger partial charge in [-0.3, -0.25) is 0 Å². The second-order valence-corrected chi connectivity index (χ2v) is 5.39. The molecule has 0 bridgehead atoms. The number of benzene rings is 1. The molecule has 3 heteroatoms. The van der Waals surface area contributed by atoms with Gasteiger partial charge < -0.3 is 15.0 Å². The molecule has 0 aliphatic carbocycles. The molecule has 0 aromatic heterocycles. The Kier molecular flexibility index (Phi) is 5.23. The quantitative estimate of drug-likeness (QED) is 0.883. The Hall–Kier alpha value is -1.06. The van der Waals surface area contributed by atoms with Crippen molar-refractivity contribution >= 4 is 5.69 Å². The zero-order valence-corrected chi connectivity index (χ0v) is 12.4. The highest BCUT2D eigenvalue weighted by Gasteiger charge is 2.17. The van der Waals surface area contributed by atoms with E-state index in [1.54, 1.807) is 0 Å². The average molecular weight is 262 g/mol. The van der Waals surface area contributed by atoms with Gasteiger partial charge >= 0.3 is 0 Å². The van der Waals surface area contributed by atoms with Crippen LogP contribution in [0.25, 0.3) is 0 Å². The monoisotopic (exact) mass is 262 g/mol. The predicted molar refractivity (Wildman–Crippen MR) is 80.8 cm³/mol. The molecule has 1 aliphatic rings. The van der Waals surface area contributed by atoms with Crippen molar-refractivity contribution in [3.05, 3.63) is 29.8 Å². The standard InChI is InChI=1S/C16H26N2O/c1-4-9-17-14(3)15-5-7-16(8-6-15)18-10-11-19-13(2)12-18/h5-8,13-14,17H,4,9-12H2,1-3H3. The van der Waals surface area contributed by atoms with Crippen molar-refractivity contribution in [1.29, 1.82) is 0 Å². The van der Waals surface area contributed by atoms with Crippen molar-refractivity contribution in [1.82, 2.24) is 5.32 Å². The van der Waals surface area contributed by atoms with Gasteiger partial charge in [-0.25, -0.2) is 0 Å². The molecule has 1 N–H and O–H groups in total. The van der Waals surface area contributed by atoms with Gasteiger partial charge in [0.1, 0.15) is 0 Å². The minimum absolute atomic E-state index is 0.332. The lowest BCUT2D eigenvalue weighted by Crippen LogP contribution is -2.41. The van der Waals surface area contributed by atoms with Crippen molar-refractivity contribution in [3.63, 3.8) is 0 Å². The Morgan fingerprint density at radius 2 is 2.11 bits per heavy atom. The third-order valence-corrected chi connectivity index (χ3v) is 3.70. The summed E-state index contributed by atoms with van der Waals surface area (Å²) in [6, 6.07) is 9.37. The number of nitrogens with zero attached hydrogens (tertiary/aromatic N) is 1. The van der Waals surface area contributed by atoms with Crippen molar-refractivity contribution in [3.8, 4) is 0 Å². The van der Waals surface area contributed by atoms with Gasteiger partial charge in [-0.2, -0.15) is 0 Å². The van der Waals surface area contributed by atoms with Crippen LogP contribution in [0.4, 0.5) is 5.69 Å². The molecule has 0 amide bonds. The summed E-state index contributed by atoms with van der Waals surface area (Å²) in [5.41, 5.74) is 2.67. The van der Waals surface area contributed by atoms with E-state index in [-0.39, 0.29) is 0 Å². The fourth-order valence-electron chi connectivity index (χ4n) is 2.51. The van der Waals surface area contributed by atoms with E-state index in [0.29, 0.717) is 12.1 Å². The van der Waals surface area contributed by atoms with Crippen LogP contribution in [0.1, 0.15) is 38.8 Å². The van der Waals surface area contributed by atoms with E-state index in [4.69, 9.17) is 4.74 Å². The molecule has 1 aromatic rings. The molecule has 0 spiro atoms. The van der Waals surface area contributed by atoms with Gasteiger partial charge in [-0.15, -0.1) is 0 Å². The third kappa shape index (κ3) is 3.95.